The molecule has 0 bridgehead atoms. The normalized spacial score (nSPS) is 15.6. The molecule has 1 N–H and O–H groups in total. The number of aryl methyl sites for hydroxylation is 1. The van der Waals surface area contributed by atoms with Gasteiger partial charge in [-0.25, -0.2) is 4.79 Å². The first kappa shape index (κ1) is 14.6. The summed E-state index contributed by atoms with van der Waals surface area (Å²) in [4.78, 5) is 15.0. The lowest BCUT2D eigenvalue weighted by molar-refractivity contribution is 0.0690. The number of nitrogens with zero attached hydrogens (tertiary/aromatic N) is 4. The van der Waals surface area contributed by atoms with Gasteiger partial charge in [0.2, 0.25) is 5.69 Å². The van der Waals surface area contributed by atoms with Crippen molar-refractivity contribution in [1.29, 1.82) is 0 Å². The van der Waals surface area contributed by atoms with Crippen LogP contribution in [0, 0.1) is 6.92 Å². The first-order chi connectivity index (χ1) is 10.7. The van der Waals surface area contributed by atoms with E-state index in [-0.39, 0.29) is 5.69 Å². The molecule has 0 spiro atoms. The van der Waals surface area contributed by atoms with Gasteiger partial charge in [-0.15, -0.1) is 15.0 Å². The van der Waals surface area contributed by atoms with Gasteiger partial charge in [0, 0.05) is 13.1 Å². The highest BCUT2D eigenvalue weighted by Gasteiger charge is 2.24. The lowest BCUT2D eigenvalue weighted by atomic mass is 10.2. The summed E-state index contributed by atoms with van der Waals surface area (Å²) in [6.07, 6.45) is 4.50. The molecule has 2 aromatic rings. The summed E-state index contributed by atoms with van der Waals surface area (Å²) in [5.74, 6) is -0.545. The molecule has 1 saturated heterocycles. The summed E-state index contributed by atoms with van der Waals surface area (Å²) >= 11 is 0. The molecular weight excluding hydrogens is 280 g/mol. The summed E-state index contributed by atoms with van der Waals surface area (Å²) < 4.78 is 0. The van der Waals surface area contributed by atoms with Crippen molar-refractivity contribution in [2.45, 2.75) is 32.6 Å². The van der Waals surface area contributed by atoms with Gasteiger partial charge in [0.15, 0.2) is 5.82 Å². The highest BCUT2D eigenvalue weighted by atomic mass is 16.4. The number of anilines is 1. The van der Waals surface area contributed by atoms with E-state index in [1.54, 1.807) is 0 Å². The van der Waals surface area contributed by atoms with E-state index in [2.05, 4.69) is 15.1 Å². The zero-order valence-corrected chi connectivity index (χ0v) is 12.7. The predicted octanol–water partition coefficient (Wildman–Crippen LogP) is 2.65. The van der Waals surface area contributed by atoms with Crippen LogP contribution in [0.4, 0.5) is 5.82 Å². The van der Waals surface area contributed by atoms with E-state index in [1.807, 2.05) is 31.2 Å². The minimum absolute atomic E-state index is 0.0325. The Balaban J connectivity index is 2.02. The molecule has 1 aromatic carbocycles. The van der Waals surface area contributed by atoms with Crippen molar-refractivity contribution < 1.29 is 9.90 Å². The summed E-state index contributed by atoms with van der Waals surface area (Å²) in [5, 5.41) is 18.1. The second-order valence-electron chi connectivity index (χ2n) is 5.65. The highest BCUT2D eigenvalue weighted by molar-refractivity contribution is 5.91. The van der Waals surface area contributed by atoms with Gasteiger partial charge in [-0.1, -0.05) is 31.0 Å². The Bertz CT molecular complexity index is 673. The Morgan fingerprint density at radius 1 is 1.09 bits per heavy atom. The minimum Gasteiger partial charge on any atom is -0.476 e. The molecule has 0 saturated carbocycles. The van der Waals surface area contributed by atoms with Crippen LogP contribution in [0.15, 0.2) is 24.3 Å². The lowest BCUT2D eigenvalue weighted by Gasteiger charge is -2.19. The van der Waals surface area contributed by atoms with Gasteiger partial charge in [0.05, 0.1) is 5.69 Å². The molecule has 0 radical (unpaired) electrons. The van der Waals surface area contributed by atoms with E-state index in [0.29, 0.717) is 5.82 Å². The van der Waals surface area contributed by atoms with Crippen LogP contribution in [0.1, 0.15) is 41.7 Å². The molecule has 1 fully saturated rings. The van der Waals surface area contributed by atoms with E-state index in [9.17, 15) is 9.90 Å². The van der Waals surface area contributed by atoms with Gasteiger partial charge in [-0.2, -0.15) is 0 Å². The molecule has 1 aliphatic rings. The molecule has 3 rings (SSSR count). The van der Waals surface area contributed by atoms with Crippen LogP contribution >= 0.6 is 0 Å². The van der Waals surface area contributed by atoms with Crippen LogP contribution < -0.4 is 4.90 Å². The molecule has 6 heteroatoms. The smallest absolute Gasteiger partial charge is 0.360 e. The average molecular weight is 300 g/mol. The molecule has 22 heavy (non-hydrogen) atoms. The Morgan fingerprint density at radius 3 is 2.41 bits per heavy atom. The Morgan fingerprint density at radius 2 is 1.77 bits per heavy atom. The molecule has 116 valence electrons. The maximum atomic E-state index is 11.5. The molecule has 1 aliphatic heterocycles. The first-order valence-electron chi connectivity index (χ1n) is 7.68. The molecule has 2 heterocycles. The van der Waals surface area contributed by atoms with E-state index >= 15 is 0 Å². The van der Waals surface area contributed by atoms with Gasteiger partial charge >= 0.3 is 5.97 Å². The van der Waals surface area contributed by atoms with Crippen molar-refractivity contribution in [3.63, 3.8) is 0 Å². The van der Waals surface area contributed by atoms with E-state index in [1.165, 1.54) is 17.6 Å². The first-order valence-corrected chi connectivity index (χ1v) is 7.68. The summed E-state index contributed by atoms with van der Waals surface area (Å²) in [6.45, 7) is 3.64. The average Bonchev–Trinajstić information content (AvgIpc) is 2.76. The fourth-order valence-corrected chi connectivity index (χ4v) is 2.83. The number of carbonyl (C=O) groups is 1. The quantitative estimate of drug-likeness (QED) is 0.943. The molecule has 1 aromatic heterocycles. The minimum atomic E-state index is -1.03. The third-order valence-electron chi connectivity index (χ3n) is 4.04. The molecule has 0 aliphatic carbocycles. The van der Waals surface area contributed by atoms with Crippen molar-refractivity contribution >= 4 is 11.8 Å². The van der Waals surface area contributed by atoms with Crippen molar-refractivity contribution in [2.24, 2.45) is 0 Å². The molecule has 0 unspecified atom stereocenters. The number of para-hydroxylation sites is 1. The maximum absolute atomic E-state index is 11.5. The number of hydrogen-bond acceptors (Lipinski definition) is 4. The van der Waals surface area contributed by atoms with Crippen LogP contribution in [0.3, 0.4) is 0 Å². The van der Waals surface area contributed by atoms with Crippen molar-refractivity contribution in [2.75, 3.05) is 18.0 Å². The highest BCUT2D eigenvalue weighted by Crippen LogP contribution is 2.22. The van der Waals surface area contributed by atoms with Crippen molar-refractivity contribution in [3.05, 3.63) is 35.5 Å². The number of benzene rings is 1. The van der Waals surface area contributed by atoms with Crippen molar-refractivity contribution in [1.82, 2.24) is 15.0 Å². The molecule has 0 atom stereocenters. The Hall–Kier alpha value is -2.37. The summed E-state index contributed by atoms with van der Waals surface area (Å²) in [5.41, 5.74) is 1.85. The number of rotatable bonds is 3. The maximum Gasteiger partial charge on any atom is 0.360 e. The van der Waals surface area contributed by atoms with E-state index in [4.69, 9.17) is 0 Å². The number of carboxylic acids is 1. The van der Waals surface area contributed by atoms with Gasteiger partial charge in [-0.05, 0) is 31.4 Å². The van der Waals surface area contributed by atoms with Crippen molar-refractivity contribution in [3.8, 4) is 5.69 Å². The van der Waals surface area contributed by atoms with Crippen LogP contribution in [0.5, 0.6) is 0 Å². The van der Waals surface area contributed by atoms with Gasteiger partial charge in [-0.3, -0.25) is 0 Å². The van der Waals surface area contributed by atoms with E-state index < -0.39 is 5.97 Å². The lowest BCUT2D eigenvalue weighted by Crippen LogP contribution is -2.26. The summed E-state index contributed by atoms with van der Waals surface area (Å²) in [6, 6.07) is 7.70. The van der Waals surface area contributed by atoms with Crippen LogP contribution in [0.2, 0.25) is 0 Å². The Kier molecular flexibility index (Phi) is 4.09. The summed E-state index contributed by atoms with van der Waals surface area (Å²) in [7, 11) is 0. The molecule has 6 nitrogen and oxygen atoms in total. The number of hydrogen-bond donors (Lipinski definition) is 1. The molecule has 0 amide bonds. The zero-order chi connectivity index (χ0) is 15.5. The largest absolute Gasteiger partial charge is 0.476 e. The topological polar surface area (TPSA) is 71.2 Å². The second-order valence-corrected chi connectivity index (χ2v) is 5.65. The van der Waals surface area contributed by atoms with Crippen LogP contribution in [0.25, 0.3) is 5.69 Å². The fourth-order valence-electron chi connectivity index (χ4n) is 2.83. The van der Waals surface area contributed by atoms with Gasteiger partial charge in [0.25, 0.3) is 0 Å². The Labute approximate surface area is 129 Å². The van der Waals surface area contributed by atoms with Gasteiger partial charge < -0.3 is 10.0 Å². The third-order valence-corrected chi connectivity index (χ3v) is 4.04. The SMILES string of the molecule is Cc1ccccc1-n1nc(C(=O)O)c(N2CCCCCC2)n1. The zero-order valence-electron chi connectivity index (χ0n) is 12.7. The van der Waals surface area contributed by atoms with Crippen LogP contribution in [-0.2, 0) is 0 Å². The number of carboxylic acid groups (broad SMARTS) is 1. The standard InChI is InChI=1S/C16H20N4O2/c1-12-8-4-5-9-13(12)20-17-14(16(21)22)15(18-20)19-10-6-2-3-7-11-19/h4-5,8-9H,2-3,6-7,10-11H2,1H3,(H,21,22). The monoisotopic (exact) mass is 300 g/mol. The second kappa shape index (κ2) is 6.17. The number of aromatic nitrogens is 3. The van der Waals surface area contributed by atoms with Crippen LogP contribution in [-0.4, -0.2) is 39.2 Å². The third kappa shape index (κ3) is 2.81. The van der Waals surface area contributed by atoms with E-state index in [0.717, 1.165) is 37.2 Å². The fraction of sp³-hybridized carbons (Fsp3) is 0.438. The van der Waals surface area contributed by atoms with Gasteiger partial charge in [0.1, 0.15) is 0 Å². The molecular formula is C16H20N4O2. The number of aromatic carboxylic acids is 1. The predicted molar refractivity (Wildman–Crippen MR) is 83.7 cm³/mol.